The van der Waals surface area contributed by atoms with Crippen LogP contribution in [0.3, 0.4) is 0 Å². The zero-order valence-corrected chi connectivity index (χ0v) is 15.1. The molecular formula is C19H14F2N2O6. The summed E-state index contributed by atoms with van der Waals surface area (Å²) in [5, 5.41) is 10.9. The maximum Gasteiger partial charge on any atom is 0.311 e. The predicted molar refractivity (Wildman–Crippen MR) is 95.5 cm³/mol. The van der Waals surface area contributed by atoms with Crippen molar-refractivity contribution in [2.75, 3.05) is 7.11 Å². The lowest BCUT2D eigenvalue weighted by atomic mass is 10.2. The Labute approximate surface area is 162 Å². The fourth-order valence-corrected chi connectivity index (χ4v) is 2.48. The van der Waals surface area contributed by atoms with Crippen molar-refractivity contribution in [3.05, 3.63) is 70.2 Å². The van der Waals surface area contributed by atoms with Gasteiger partial charge in [0.05, 0.1) is 36.3 Å². The summed E-state index contributed by atoms with van der Waals surface area (Å²) in [4.78, 5) is 26.3. The van der Waals surface area contributed by atoms with E-state index in [4.69, 9.17) is 13.9 Å². The number of benzene rings is 2. The molecule has 0 saturated carbocycles. The molecule has 0 saturated heterocycles. The molecule has 0 aliphatic rings. The number of ether oxygens (including phenoxy) is 2. The van der Waals surface area contributed by atoms with Crippen molar-refractivity contribution >= 4 is 11.7 Å². The quantitative estimate of drug-likeness (QED) is 0.253. The lowest BCUT2D eigenvalue weighted by Crippen LogP contribution is -2.10. The van der Waals surface area contributed by atoms with Gasteiger partial charge in [0, 0.05) is 18.6 Å². The van der Waals surface area contributed by atoms with Gasteiger partial charge in [0.2, 0.25) is 0 Å². The topological polar surface area (TPSA) is 105 Å². The molecule has 0 aliphatic heterocycles. The van der Waals surface area contributed by atoms with Crippen molar-refractivity contribution < 1.29 is 32.4 Å². The van der Waals surface area contributed by atoms with Gasteiger partial charge < -0.3 is 13.9 Å². The van der Waals surface area contributed by atoms with Crippen molar-refractivity contribution in [3.63, 3.8) is 0 Å². The SMILES string of the molecule is COc1ccc([N+](=O)[O-])cc1OC(=O)CCc1ncc(-c2ccc(F)cc2F)o1. The summed E-state index contributed by atoms with van der Waals surface area (Å²) < 4.78 is 42.3. The molecule has 150 valence electrons. The number of nitro benzene ring substituents is 1. The van der Waals surface area contributed by atoms with Crippen molar-refractivity contribution in [2.45, 2.75) is 12.8 Å². The van der Waals surface area contributed by atoms with Crippen LogP contribution in [0.2, 0.25) is 0 Å². The van der Waals surface area contributed by atoms with Crippen LogP contribution in [0.1, 0.15) is 12.3 Å². The molecular weight excluding hydrogens is 390 g/mol. The summed E-state index contributed by atoms with van der Waals surface area (Å²) in [7, 11) is 1.33. The summed E-state index contributed by atoms with van der Waals surface area (Å²) in [5.74, 6) is -1.91. The fraction of sp³-hybridized carbons (Fsp3) is 0.158. The van der Waals surface area contributed by atoms with E-state index >= 15 is 0 Å². The standard InChI is InChI=1S/C19H14F2N2O6/c1-27-15-5-3-12(23(25)26)9-16(15)29-19(24)7-6-18-22-10-17(28-18)13-4-2-11(20)8-14(13)21/h2-5,8-10H,6-7H2,1H3. The summed E-state index contributed by atoms with van der Waals surface area (Å²) in [6.07, 6.45) is 1.15. The Morgan fingerprint density at radius 2 is 2.00 bits per heavy atom. The fourth-order valence-electron chi connectivity index (χ4n) is 2.48. The number of methoxy groups -OCH3 is 1. The first-order chi connectivity index (χ1) is 13.9. The van der Waals surface area contributed by atoms with Gasteiger partial charge in [-0.05, 0) is 18.2 Å². The molecule has 0 fully saturated rings. The monoisotopic (exact) mass is 404 g/mol. The molecule has 2 aromatic carbocycles. The Bertz CT molecular complexity index is 1070. The van der Waals surface area contributed by atoms with Gasteiger partial charge in [0.15, 0.2) is 23.1 Å². The van der Waals surface area contributed by atoms with Gasteiger partial charge in [-0.2, -0.15) is 0 Å². The molecule has 10 heteroatoms. The third-order valence-corrected chi connectivity index (χ3v) is 3.87. The number of nitrogens with zero attached hydrogens (tertiary/aromatic N) is 2. The molecule has 0 unspecified atom stereocenters. The van der Waals surface area contributed by atoms with Crippen LogP contribution in [0.25, 0.3) is 11.3 Å². The zero-order valence-electron chi connectivity index (χ0n) is 15.1. The van der Waals surface area contributed by atoms with Gasteiger partial charge in [-0.25, -0.2) is 13.8 Å². The van der Waals surface area contributed by atoms with E-state index in [2.05, 4.69) is 4.98 Å². The molecule has 3 aromatic rings. The second-order valence-electron chi connectivity index (χ2n) is 5.81. The number of nitro groups is 1. The van der Waals surface area contributed by atoms with Crippen LogP contribution in [-0.4, -0.2) is 23.0 Å². The van der Waals surface area contributed by atoms with Crippen molar-refractivity contribution in [1.82, 2.24) is 4.98 Å². The number of carbonyl (C=O) groups excluding carboxylic acids is 1. The van der Waals surface area contributed by atoms with E-state index in [0.717, 1.165) is 18.2 Å². The maximum atomic E-state index is 13.8. The van der Waals surface area contributed by atoms with E-state index in [1.807, 2.05) is 0 Å². The van der Waals surface area contributed by atoms with Crippen LogP contribution < -0.4 is 9.47 Å². The number of non-ortho nitro benzene ring substituents is 1. The number of aromatic nitrogens is 1. The van der Waals surface area contributed by atoms with Gasteiger partial charge in [0.25, 0.3) is 5.69 Å². The molecule has 1 aromatic heterocycles. The number of carbonyl (C=O) groups is 1. The molecule has 0 spiro atoms. The highest BCUT2D eigenvalue weighted by molar-refractivity contribution is 5.74. The third kappa shape index (κ3) is 4.72. The summed E-state index contributed by atoms with van der Waals surface area (Å²) in [6.45, 7) is 0. The van der Waals surface area contributed by atoms with Crippen molar-refractivity contribution in [2.24, 2.45) is 0 Å². The summed E-state index contributed by atoms with van der Waals surface area (Å²) in [6, 6.07) is 6.65. The number of hydrogen-bond donors (Lipinski definition) is 0. The largest absolute Gasteiger partial charge is 0.493 e. The molecule has 0 aliphatic carbocycles. The number of oxazole rings is 1. The number of esters is 1. The van der Waals surface area contributed by atoms with E-state index in [1.54, 1.807) is 0 Å². The lowest BCUT2D eigenvalue weighted by molar-refractivity contribution is -0.384. The molecule has 8 nitrogen and oxygen atoms in total. The van der Waals surface area contributed by atoms with Gasteiger partial charge in [-0.1, -0.05) is 0 Å². The van der Waals surface area contributed by atoms with E-state index in [-0.39, 0.29) is 47.2 Å². The van der Waals surface area contributed by atoms with Gasteiger partial charge in [0.1, 0.15) is 11.6 Å². The number of halogens is 2. The first-order valence-corrected chi connectivity index (χ1v) is 8.30. The summed E-state index contributed by atoms with van der Waals surface area (Å²) in [5.41, 5.74) is -0.221. The average Bonchev–Trinajstić information content (AvgIpc) is 3.15. The molecule has 1 heterocycles. The minimum atomic E-state index is -0.801. The number of hydrogen-bond acceptors (Lipinski definition) is 7. The van der Waals surface area contributed by atoms with Crippen molar-refractivity contribution in [3.8, 4) is 22.8 Å². The highest BCUT2D eigenvalue weighted by Gasteiger charge is 2.17. The molecule has 0 atom stereocenters. The van der Waals surface area contributed by atoms with E-state index in [1.165, 1.54) is 31.5 Å². The number of rotatable bonds is 7. The second kappa shape index (κ2) is 8.46. The molecule has 0 N–H and O–H groups in total. The first-order valence-electron chi connectivity index (χ1n) is 8.30. The van der Waals surface area contributed by atoms with Crippen LogP contribution in [-0.2, 0) is 11.2 Å². The van der Waals surface area contributed by atoms with Gasteiger partial charge in [-0.3, -0.25) is 14.9 Å². The predicted octanol–water partition coefficient (Wildman–Crippen LogP) is 4.07. The van der Waals surface area contributed by atoms with Crippen LogP contribution in [0.15, 0.2) is 47.0 Å². The van der Waals surface area contributed by atoms with Crippen LogP contribution >= 0.6 is 0 Å². The lowest BCUT2D eigenvalue weighted by Gasteiger charge is -2.08. The minimum absolute atomic E-state index is 0.0362. The molecule has 0 amide bonds. The molecule has 0 bridgehead atoms. The van der Waals surface area contributed by atoms with E-state index < -0.39 is 22.5 Å². The Balaban J connectivity index is 1.65. The second-order valence-corrected chi connectivity index (χ2v) is 5.81. The normalized spacial score (nSPS) is 10.6. The highest BCUT2D eigenvalue weighted by atomic mass is 19.1. The third-order valence-electron chi connectivity index (χ3n) is 3.87. The maximum absolute atomic E-state index is 13.8. The van der Waals surface area contributed by atoms with Gasteiger partial charge in [-0.15, -0.1) is 0 Å². The Morgan fingerprint density at radius 1 is 1.21 bits per heavy atom. The first kappa shape index (κ1) is 19.9. The summed E-state index contributed by atoms with van der Waals surface area (Å²) >= 11 is 0. The van der Waals surface area contributed by atoms with Crippen molar-refractivity contribution in [1.29, 1.82) is 0 Å². The molecule has 0 radical (unpaired) electrons. The van der Waals surface area contributed by atoms with E-state index in [0.29, 0.717) is 0 Å². The number of aryl methyl sites for hydroxylation is 1. The van der Waals surface area contributed by atoms with Gasteiger partial charge >= 0.3 is 5.97 Å². The Hall–Kier alpha value is -3.82. The molecule has 29 heavy (non-hydrogen) atoms. The van der Waals surface area contributed by atoms with Crippen LogP contribution in [0.4, 0.5) is 14.5 Å². The minimum Gasteiger partial charge on any atom is -0.493 e. The average molecular weight is 404 g/mol. The highest BCUT2D eigenvalue weighted by Crippen LogP contribution is 2.31. The van der Waals surface area contributed by atoms with Crippen LogP contribution in [0.5, 0.6) is 11.5 Å². The Morgan fingerprint density at radius 3 is 2.69 bits per heavy atom. The smallest absolute Gasteiger partial charge is 0.311 e. The molecule has 3 rings (SSSR count). The van der Waals surface area contributed by atoms with E-state index in [9.17, 15) is 23.7 Å². The Kier molecular flexibility index (Phi) is 5.82. The zero-order chi connectivity index (χ0) is 21.0. The van der Waals surface area contributed by atoms with Crippen LogP contribution in [0, 0.1) is 21.7 Å².